The molecule has 4 N–H and O–H groups in total. The van der Waals surface area contributed by atoms with Crippen LogP contribution in [0.3, 0.4) is 0 Å². The minimum absolute atomic E-state index is 0.0107. The summed E-state index contributed by atoms with van der Waals surface area (Å²) in [5, 5.41) is 41.5. The molecule has 0 aromatic rings. The van der Waals surface area contributed by atoms with Crippen LogP contribution in [0.15, 0.2) is 0 Å². The van der Waals surface area contributed by atoms with E-state index in [4.69, 9.17) is 104 Å². The number of ether oxygens (including phenoxy) is 22. The van der Waals surface area contributed by atoms with Gasteiger partial charge in [-0.2, -0.15) is 0 Å². The smallest absolute Gasteiger partial charge is 0.187 e. The van der Waals surface area contributed by atoms with Crippen LogP contribution in [-0.4, -0.2) is 299 Å². The van der Waals surface area contributed by atoms with Gasteiger partial charge in [0, 0.05) is 92.4 Å². The first-order valence-electron chi connectivity index (χ1n) is 22.6. The average molecular weight is 1010 g/mol. The number of aliphatic hydroxyl groups is 4. The molecule has 5 aliphatic rings. The second-order valence-corrected chi connectivity index (χ2v) is 16.9. The standard InChI is InChI=1S/C43H78O26/c1-48-15-20-28(31(52-5)35(56-9)40(60-13)62-20)67-42-37(58-11)33(54-7)30(22(64-42)17-50-3)69-43-38(59-12)34(55-8)29(23(65-43)18-51-4)68-41-36(57-10)32(53-6)27(21(63-41)16-49-2)66-39-26(47)25(46)24(45)19(14-44)61-39/h19-47H,14-18H2,1-13H3/t19-,20-,21+,22+,23-,24-,25+,26-,27+,28-,29-,30+,31+,32-,33-,34+,35-,36+,37+,38-,39+,40-,41-,42-,43+/m1/s1. The van der Waals surface area contributed by atoms with Gasteiger partial charge in [0.15, 0.2) is 31.5 Å². The van der Waals surface area contributed by atoms with Crippen LogP contribution >= 0.6 is 0 Å². The van der Waals surface area contributed by atoms with E-state index in [-0.39, 0.29) is 26.4 Å². The maximum absolute atomic E-state index is 10.8. The molecule has 0 unspecified atom stereocenters. The Labute approximate surface area is 403 Å². The van der Waals surface area contributed by atoms with Crippen molar-refractivity contribution in [3.8, 4) is 0 Å². The second kappa shape index (κ2) is 28.6. The van der Waals surface area contributed by atoms with Gasteiger partial charge in [-0.15, -0.1) is 0 Å². The molecule has 5 rings (SSSR count). The van der Waals surface area contributed by atoms with E-state index in [0.717, 1.165) is 0 Å². The fraction of sp³-hybridized carbons (Fsp3) is 1.00. The van der Waals surface area contributed by atoms with Crippen molar-refractivity contribution in [1.82, 2.24) is 0 Å². The summed E-state index contributed by atoms with van der Waals surface area (Å²) in [5.41, 5.74) is 0. The van der Waals surface area contributed by atoms with Gasteiger partial charge in [-0.05, 0) is 0 Å². The van der Waals surface area contributed by atoms with Crippen LogP contribution in [0.2, 0.25) is 0 Å². The van der Waals surface area contributed by atoms with E-state index in [9.17, 15) is 20.4 Å². The predicted octanol–water partition coefficient (Wildman–Crippen LogP) is -3.42. The monoisotopic (exact) mass is 1010 g/mol. The lowest BCUT2D eigenvalue weighted by molar-refractivity contribution is -0.398. The molecule has 26 nitrogen and oxygen atoms in total. The maximum atomic E-state index is 10.8. The molecule has 0 amide bonds. The highest BCUT2D eigenvalue weighted by Gasteiger charge is 2.58. The molecule has 5 heterocycles. The summed E-state index contributed by atoms with van der Waals surface area (Å²) in [6.45, 7) is -0.640. The summed E-state index contributed by atoms with van der Waals surface area (Å²) < 4.78 is 134. The molecule has 0 spiro atoms. The molecular weight excluding hydrogens is 932 g/mol. The lowest BCUT2D eigenvalue weighted by atomic mass is 9.94. The lowest BCUT2D eigenvalue weighted by Gasteiger charge is -2.52. The van der Waals surface area contributed by atoms with E-state index >= 15 is 0 Å². The Kier molecular flexibility index (Phi) is 24.4. The van der Waals surface area contributed by atoms with Crippen molar-refractivity contribution in [3.63, 3.8) is 0 Å². The molecular formula is C43H78O26. The zero-order valence-electron chi connectivity index (χ0n) is 41.7. The molecule has 0 aliphatic carbocycles. The molecule has 69 heavy (non-hydrogen) atoms. The highest BCUT2D eigenvalue weighted by molar-refractivity contribution is 5.01. The lowest BCUT2D eigenvalue weighted by Crippen LogP contribution is -2.69. The van der Waals surface area contributed by atoms with Crippen molar-refractivity contribution in [2.24, 2.45) is 0 Å². The number of methoxy groups -OCH3 is 13. The molecule has 0 saturated carbocycles. The molecule has 5 fully saturated rings. The molecule has 0 aromatic carbocycles. The molecule has 0 aromatic heterocycles. The minimum Gasteiger partial charge on any atom is -0.394 e. The molecule has 25 atom stereocenters. The Morgan fingerprint density at radius 3 is 0.797 bits per heavy atom. The summed E-state index contributed by atoms with van der Waals surface area (Å²) in [7, 11) is 19.3. The summed E-state index contributed by atoms with van der Waals surface area (Å²) in [6, 6.07) is 0. The molecule has 5 saturated heterocycles. The number of aliphatic hydroxyl groups excluding tert-OH is 4. The van der Waals surface area contributed by atoms with Crippen LogP contribution in [0.1, 0.15) is 0 Å². The van der Waals surface area contributed by atoms with Crippen molar-refractivity contribution in [2.45, 2.75) is 154 Å². The first kappa shape index (κ1) is 58.8. The largest absolute Gasteiger partial charge is 0.394 e. The summed E-state index contributed by atoms with van der Waals surface area (Å²) in [4.78, 5) is 0. The zero-order chi connectivity index (χ0) is 50.5. The third-order valence-corrected chi connectivity index (χ3v) is 13.1. The van der Waals surface area contributed by atoms with Crippen molar-refractivity contribution in [2.75, 3.05) is 125 Å². The fourth-order valence-corrected chi connectivity index (χ4v) is 9.75. The zero-order valence-corrected chi connectivity index (χ0v) is 41.7. The Balaban J connectivity index is 1.40. The molecule has 406 valence electrons. The average Bonchev–Trinajstić information content (AvgIpc) is 3.35. The Morgan fingerprint density at radius 1 is 0.275 bits per heavy atom. The molecule has 0 bridgehead atoms. The second-order valence-electron chi connectivity index (χ2n) is 16.9. The number of rotatable bonds is 26. The highest BCUT2D eigenvalue weighted by atomic mass is 16.8. The van der Waals surface area contributed by atoms with E-state index in [2.05, 4.69) is 0 Å². The van der Waals surface area contributed by atoms with Gasteiger partial charge in [-0.3, -0.25) is 0 Å². The molecule has 0 radical (unpaired) electrons. The Morgan fingerprint density at radius 2 is 0.536 bits per heavy atom. The van der Waals surface area contributed by atoms with Gasteiger partial charge in [0.25, 0.3) is 0 Å². The van der Waals surface area contributed by atoms with Crippen LogP contribution < -0.4 is 0 Å². The molecule has 5 aliphatic heterocycles. The van der Waals surface area contributed by atoms with Crippen molar-refractivity contribution >= 4 is 0 Å². The SMILES string of the molecule is COC[C@@H]1O[C@H](O[C@H]2[C@H](OC)[C@@H](OC)[C@H](O[C@@H]3[C@@H](OC)[C@H](OC)[C@@H](O[C@H]4[C@H](OC)[C@@H](OC)[C@H](OC)O[C@@H]4COC)O[C@H]3COC)O[C@@H]2COC)[C@@H](OC)[C@H](OC)[C@H]1O[C@@H]1O[C@H](CO)[C@@H](O)[C@H](O)[C@H]1O. The van der Waals surface area contributed by atoms with Crippen LogP contribution in [-0.2, 0) is 104 Å². The van der Waals surface area contributed by atoms with Crippen molar-refractivity contribution < 1.29 is 125 Å². The van der Waals surface area contributed by atoms with Crippen LogP contribution in [0.25, 0.3) is 0 Å². The van der Waals surface area contributed by atoms with Gasteiger partial charge in [-0.1, -0.05) is 0 Å². The minimum atomic E-state index is -1.71. The summed E-state index contributed by atoms with van der Waals surface area (Å²) in [6.07, 6.45) is -26.4. The van der Waals surface area contributed by atoms with Crippen LogP contribution in [0.5, 0.6) is 0 Å². The topological polar surface area (TPSA) is 284 Å². The van der Waals surface area contributed by atoms with Gasteiger partial charge in [-0.25, -0.2) is 0 Å². The highest BCUT2D eigenvalue weighted by Crippen LogP contribution is 2.39. The number of hydrogen-bond acceptors (Lipinski definition) is 26. The van der Waals surface area contributed by atoms with E-state index < -0.39 is 160 Å². The first-order valence-corrected chi connectivity index (χ1v) is 22.6. The van der Waals surface area contributed by atoms with Crippen molar-refractivity contribution in [1.29, 1.82) is 0 Å². The van der Waals surface area contributed by atoms with Gasteiger partial charge >= 0.3 is 0 Å². The van der Waals surface area contributed by atoms with Gasteiger partial charge in [0.2, 0.25) is 0 Å². The summed E-state index contributed by atoms with van der Waals surface area (Å²) in [5.74, 6) is 0. The van der Waals surface area contributed by atoms with Gasteiger partial charge < -0.3 is 125 Å². The Hall–Kier alpha value is -1.04. The maximum Gasteiger partial charge on any atom is 0.187 e. The Bertz CT molecular complexity index is 1430. The quantitative estimate of drug-likeness (QED) is 0.0657. The van der Waals surface area contributed by atoms with E-state index in [1.54, 1.807) is 0 Å². The van der Waals surface area contributed by atoms with Gasteiger partial charge in [0.05, 0.1) is 33.0 Å². The molecule has 26 heteroatoms. The van der Waals surface area contributed by atoms with E-state index in [0.29, 0.717) is 0 Å². The number of hydrogen-bond donors (Lipinski definition) is 4. The first-order chi connectivity index (χ1) is 33.4. The van der Waals surface area contributed by atoms with Crippen molar-refractivity contribution in [3.05, 3.63) is 0 Å². The third kappa shape index (κ3) is 13.1. The normalized spacial score (nSPS) is 45.4. The van der Waals surface area contributed by atoms with E-state index in [1.807, 2.05) is 0 Å². The van der Waals surface area contributed by atoms with E-state index in [1.165, 1.54) is 92.4 Å². The summed E-state index contributed by atoms with van der Waals surface area (Å²) >= 11 is 0. The van der Waals surface area contributed by atoms with Crippen LogP contribution in [0.4, 0.5) is 0 Å². The third-order valence-electron chi connectivity index (χ3n) is 13.1. The fourth-order valence-electron chi connectivity index (χ4n) is 9.75. The van der Waals surface area contributed by atoms with Crippen LogP contribution in [0, 0.1) is 0 Å². The predicted molar refractivity (Wildman–Crippen MR) is 229 cm³/mol. The van der Waals surface area contributed by atoms with Gasteiger partial charge in [0.1, 0.15) is 122 Å².